The minimum absolute atomic E-state index is 0.141. The second kappa shape index (κ2) is 2.44. The van der Waals surface area contributed by atoms with E-state index in [2.05, 4.69) is 24.1 Å². The van der Waals surface area contributed by atoms with E-state index in [4.69, 9.17) is 5.73 Å². The molecule has 0 saturated heterocycles. The summed E-state index contributed by atoms with van der Waals surface area (Å²) in [5.74, 6) is 0. The van der Waals surface area contributed by atoms with Gasteiger partial charge in [0, 0.05) is 23.4 Å². The van der Waals surface area contributed by atoms with Gasteiger partial charge >= 0.3 is 0 Å². The Morgan fingerprint density at radius 3 is 3.00 bits per heavy atom. The van der Waals surface area contributed by atoms with Crippen LogP contribution in [0.3, 0.4) is 0 Å². The van der Waals surface area contributed by atoms with Gasteiger partial charge in [-0.2, -0.15) is 0 Å². The summed E-state index contributed by atoms with van der Waals surface area (Å²) in [6.07, 6.45) is 0. The predicted octanol–water partition coefficient (Wildman–Crippen LogP) is 1.11. The largest absolute Gasteiger partial charge is 0.375 e. The highest BCUT2D eigenvalue weighted by Crippen LogP contribution is 2.33. The number of anilines is 1. The number of hydrogen-bond acceptors (Lipinski definition) is 4. The molecule has 0 radical (unpaired) electrons. The molecule has 0 fully saturated rings. The van der Waals surface area contributed by atoms with E-state index in [0.717, 1.165) is 13.1 Å². The van der Waals surface area contributed by atoms with Crippen LogP contribution in [0.25, 0.3) is 0 Å². The molecule has 12 heavy (non-hydrogen) atoms. The lowest BCUT2D eigenvalue weighted by molar-refractivity contribution is 0.428. The monoisotopic (exact) mass is 183 g/mol. The van der Waals surface area contributed by atoms with E-state index in [-0.39, 0.29) is 5.41 Å². The van der Waals surface area contributed by atoms with Gasteiger partial charge in [0.1, 0.15) is 0 Å². The van der Waals surface area contributed by atoms with Gasteiger partial charge in [0.25, 0.3) is 0 Å². The number of hydrogen-bond donors (Lipinski definition) is 2. The van der Waals surface area contributed by atoms with Crippen molar-refractivity contribution in [1.82, 2.24) is 10.3 Å². The summed E-state index contributed by atoms with van der Waals surface area (Å²) in [6.45, 7) is 6.30. The van der Waals surface area contributed by atoms with Gasteiger partial charge in [-0.05, 0) is 0 Å². The quantitative estimate of drug-likeness (QED) is 0.633. The lowest BCUT2D eigenvalue weighted by Gasteiger charge is -2.28. The van der Waals surface area contributed by atoms with Gasteiger partial charge in [0.15, 0.2) is 5.13 Å². The van der Waals surface area contributed by atoms with Crippen LogP contribution < -0.4 is 11.1 Å². The van der Waals surface area contributed by atoms with E-state index >= 15 is 0 Å². The summed E-state index contributed by atoms with van der Waals surface area (Å²) < 4.78 is 0. The molecule has 3 N–H and O–H groups in total. The molecule has 0 unspecified atom stereocenters. The molecular formula is C8H13N3S. The van der Waals surface area contributed by atoms with Crippen LogP contribution in [-0.2, 0) is 12.0 Å². The zero-order valence-corrected chi connectivity index (χ0v) is 8.16. The Balaban J connectivity index is 2.51. The normalized spacial score (nSPS) is 20.5. The highest BCUT2D eigenvalue weighted by Gasteiger charge is 2.30. The zero-order chi connectivity index (χ0) is 8.77. The standard InChI is InChI=1S/C8H13N3S/c1-8(2)4-10-3-5-6(8)11-7(9)12-5/h10H,3-4H2,1-2H3,(H2,9,11). The molecule has 1 aliphatic rings. The van der Waals surface area contributed by atoms with Crippen molar-refractivity contribution in [2.75, 3.05) is 12.3 Å². The highest BCUT2D eigenvalue weighted by molar-refractivity contribution is 7.15. The van der Waals surface area contributed by atoms with Crippen molar-refractivity contribution in [3.63, 3.8) is 0 Å². The SMILES string of the molecule is CC1(C)CNCc2sc(N)nc21. The smallest absolute Gasteiger partial charge is 0.180 e. The van der Waals surface area contributed by atoms with Crippen molar-refractivity contribution in [1.29, 1.82) is 0 Å². The van der Waals surface area contributed by atoms with Gasteiger partial charge in [0.2, 0.25) is 0 Å². The van der Waals surface area contributed by atoms with E-state index < -0.39 is 0 Å². The van der Waals surface area contributed by atoms with Crippen LogP contribution >= 0.6 is 11.3 Å². The molecule has 1 aromatic heterocycles. The molecule has 4 heteroatoms. The molecule has 0 amide bonds. The third kappa shape index (κ3) is 1.11. The molecule has 0 atom stereocenters. The number of rotatable bonds is 0. The van der Waals surface area contributed by atoms with Crippen molar-refractivity contribution in [3.8, 4) is 0 Å². The lowest BCUT2D eigenvalue weighted by atomic mass is 9.86. The first-order valence-corrected chi connectivity index (χ1v) is 4.87. The number of nitrogens with two attached hydrogens (primary N) is 1. The average Bonchev–Trinajstić information content (AvgIpc) is 2.30. The van der Waals surface area contributed by atoms with Gasteiger partial charge in [-0.3, -0.25) is 0 Å². The summed E-state index contributed by atoms with van der Waals surface area (Å²) >= 11 is 1.60. The maximum atomic E-state index is 5.66. The Bertz CT molecular complexity index is 303. The Kier molecular flexibility index (Phi) is 1.63. The number of aromatic nitrogens is 1. The van der Waals surface area contributed by atoms with Gasteiger partial charge in [-0.15, -0.1) is 11.3 Å². The zero-order valence-electron chi connectivity index (χ0n) is 7.35. The predicted molar refractivity (Wildman–Crippen MR) is 51.3 cm³/mol. The molecule has 0 saturated carbocycles. The van der Waals surface area contributed by atoms with Crippen molar-refractivity contribution in [3.05, 3.63) is 10.6 Å². The minimum atomic E-state index is 0.141. The molecule has 66 valence electrons. The Hall–Kier alpha value is -0.610. The van der Waals surface area contributed by atoms with Crippen LogP contribution in [0.5, 0.6) is 0 Å². The molecule has 2 heterocycles. The molecule has 1 aliphatic heterocycles. The molecule has 0 spiro atoms. The first-order valence-electron chi connectivity index (χ1n) is 4.06. The van der Waals surface area contributed by atoms with Crippen LogP contribution in [0.4, 0.5) is 5.13 Å². The molecular weight excluding hydrogens is 170 g/mol. The van der Waals surface area contributed by atoms with Crippen molar-refractivity contribution in [2.24, 2.45) is 0 Å². The highest BCUT2D eigenvalue weighted by atomic mass is 32.1. The lowest BCUT2D eigenvalue weighted by Crippen LogP contribution is -2.38. The summed E-state index contributed by atoms with van der Waals surface area (Å²) in [7, 11) is 0. The van der Waals surface area contributed by atoms with E-state index in [1.807, 2.05) is 0 Å². The van der Waals surface area contributed by atoms with E-state index in [0.29, 0.717) is 5.13 Å². The number of thiazole rings is 1. The van der Waals surface area contributed by atoms with Crippen LogP contribution in [0.1, 0.15) is 24.4 Å². The Labute approximate surface area is 76.0 Å². The first kappa shape index (κ1) is 8.01. The van der Waals surface area contributed by atoms with Gasteiger partial charge in [0.05, 0.1) is 5.69 Å². The number of nitrogens with zero attached hydrogens (tertiary/aromatic N) is 1. The first-order chi connectivity index (χ1) is 5.59. The topological polar surface area (TPSA) is 50.9 Å². The van der Waals surface area contributed by atoms with Crippen LogP contribution in [0, 0.1) is 0 Å². The fourth-order valence-corrected chi connectivity index (χ4v) is 2.57. The number of nitrogen functional groups attached to an aromatic ring is 1. The van der Waals surface area contributed by atoms with Gasteiger partial charge < -0.3 is 11.1 Å². The second-order valence-electron chi connectivity index (χ2n) is 3.81. The summed E-state index contributed by atoms with van der Waals surface area (Å²) in [5, 5.41) is 4.05. The maximum absolute atomic E-state index is 5.66. The second-order valence-corrected chi connectivity index (χ2v) is 4.93. The number of nitrogens with one attached hydrogen (secondary N) is 1. The Morgan fingerprint density at radius 1 is 1.58 bits per heavy atom. The molecule has 2 rings (SSSR count). The summed E-state index contributed by atoms with van der Waals surface area (Å²) in [6, 6.07) is 0. The Morgan fingerprint density at radius 2 is 2.33 bits per heavy atom. The number of fused-ring (bicyclic) bond motifs is 1. The fraction of sp³-hybridized carbons (Fsp3) is 0.625. The molecule has 1 aromatic rings. The van der Waals surface area contributed by atoms with Gasteiger partial charge in [-0.25, -0.2) is 4.98 Å². The molecule has 3 nitrogen and oxygen atoms in total. The maximum Gasteiger partial charge on any atom is 0.180 e. The molecule has 0 aromatic carbocycles. The van der Waals surface area contributed by atoms with E-state index in [1.165, 1.54) is 10.6 Å². The van der Waals surface area contributed by atoms with E-state index in [1.54, 1.807) is 11.3 Å². The third-order valence-electron chi connectivity index (χ3n) is 2.21. The molecule has 0 aliphatic carbocycles. The van der Waals surface area contributed by atoms with Gasteiger partial charge in [-0.1, -0.05) is 13.8 Å². The van der Waals surface area contributed by atoms with Crippen LogP contribution in [0.2, 0.25) is 0 Å². The van der Waals surface area contributed by atoms with Crippen LogP contribution in [0.15, 0.2) is 0 Å². The van der Waals surface area contributed by atoms with Crippen molar-refractivity contribution >= 4 is 16.5 Å². The summed E-state index contributed by atoms with van der Waals surface area (Å²) in [5.41, 5.74) is 6.98. The third-order valence-corrected chi connectivity index (χ3v) is 3.09. The average molecular weight is 183 g/mol. The fourth-order valence-electron chi connectivity index (χ4n) is 1.59. The molecule has 0 bridgehead atoms. The minimum Gasteiger partial charge on any atom is -0.375 e. The summed E-state index contributed by atoms with van der Waals surface area (Å²) in [4.78, 5) is 5.66. The van der Waals surface area contributed by atoms with Crippen LogP contribution in [-0.4, -0.2) is 11.5 Å². The van der Waals surface area contributed by atoms with E-state index in [9.17, 15) is 0 Å². The van der Waals surface area contributed by atoms with Crippen molar-refractivity contribution in [2.45, 2.75) is 25.8 Å². The van der Waals surface area contributed by atoms with Crippen molar-refractivity contribution < 1.29 is 0 Å².